The van der Waals surface area contributed by atoms with Crippen molar-refractivity contribution in [3.8, 4) is 5.75 Å². The fourth-order valence-electron chi connectivity index (χ4n) is 1.59. The average molecular weight is 299 g/mol. The molecule has 0 saturated heterocycles. The van der Waals surface area contributed by atoms with Crippen molar-refractivity contribution in [3.63, 3.8) is 0 Å². The first-order valence-electron chi connectivity index (χ1n) is 6.41. The summed E-state index contributed by atoms with van der Waals surface area (Å²) in [5.74, 6) is -0.220. The largest absolute Gasteiger partial charge is 0.496 e. The van der Waals surface area contributed by atoms with Gasteiger partial charge in [0, 0.05) is 11.6 Å². The van der Waals surface area contributed by atoms with Crippen molar-refractivity contribution >= 4 is 23.4 Å². The number of carbonyl (C=O) groups is 2. The molecule has 5 nitrogen and oxygen atoms in total. The van der Waals surface area contributed by atoms with Crippen molar-refractivity contribution in [1.29, 1.82) is 0 Å². The topological polar surface area (TPSA) is 67.4 Å². The van der Waals surface area contributed by atoms with Crippen LogP contribution >= 0.6 is 11.6 Å². The summed E-state index contributed by atoms with van der Waals surface area (Å²) in [6.45, 7) is 4.18. The van der Waals surface area contributed by atoms with Crippen LogP contribution in [0, 0.1) is 0 Å². The van der Waals surface area contributed by atoms with Crippen LogP contribution in [0.2, 0.25) is 5.02 Å². The van der Waals surface area contributed by atoms with Gasteiger partial charge in [-0.05, 0) is 31.5 Å². The van der Waals surface area contributed by atoms with Crippen molar-refractivity contribution in [2.45, 2.75) is 26.3 Å². The number of benzene rings is 1. The normalized spacial score (nSPS) is 11.6. The summed E-state index contributed by atoms with van der Waals surface area (Å²) in [5, 5.41) is 5.82. The van der Waals surface area contributed by atoms with Gasteiger partial charge in [0.1, 0.15) is 11.8 Å². The van der Waals surface area contributed by atoms with Gasteiger partial charge in [0.05, 0.1) is 12.7 Å². The lowest BCUT2D eigenvalue weighted by atomic mass is 10.1. The predicted octanol–water partition coefficient (Wildman–Crippen LogP) is 1.99. The molecule has 0 fully saturated rings. The van der Waals surface area contributed by atoms with E-state index in [2.05, 4.69) is 10.6 Å². The Labute approximate surface area is 123 Å². The highest BCUT2D eigenvalue weighted by atomic mass is 35.5. The molecule has 1 aromatic carbocycles. The van der Waals surface area contributed by atoms with Crippen molar-refractivity contribution < 1.29 is 14.3 Å². The molecule has 2 N–H and O–H groups in total. The third-order valence-corrected chi connectivity index (χ3v) is 2.93. The average Bonchev–Trinajstić information content (AvgIpc) is 2.44. The molecule has 0 spiro atoms. The van der Waals surface area contributed by atoms with Gasteiger partial charge in [0.15, 0.2) is 0 Å². The second kappa shape index (κ2) is 7.75. The minimum absolute atomic E-state index is 0.215. The third-order valence-electron chi connectivity index (χ3n) is 2.70. The molecule has 0 aliphatic rings. The van der Waals surface area contributed by atoms with Crippen LogP contribution in [0.4, 0.5) is 0 Å². The standard InChI is InChI=1S/C14H19ClN2O3/c1-4-7-16-13(18)9(2)17-14(19)11-6-5-10(15)8-12(11)20-3/h5-6,8-9H,4,7H2,1-3H3,(H,16,18)(H,17,19). The molecular formula is C14H19ClN2O3. The molecule has 0 heterocycles. The molecule has 1 aromatic rings. The first-order valence-corrected chi connectivity index (χ1v) is 6.79. The molecule has 0 aliphatic heterocycles. The molecule has 0 aliphatic carbocycles. The van der Waals surface area contributed by atoms with Crippen molar-refractivity contribution in [2.75, 3.05) is 13.7 Å². The first-order chi connectivity index (χ1) is 9.49. The first kappa shape index (κ1) is 16.3. The molecule has 0 bridgehead atoms. The van der Waals surface area contributed by atoms with Crippen molar-refractivity contribution in [2.24, 2.45) is 0 Å². The van der Waals surface area contributed by atoms with Crippen LogP contribution < -0.4 is 15.4 Å². The van der Waals surface area contributed by atoms with E-state index in [-0.39, 0.29) is 11.8 Å². The smallest absolute Gasteiger partial charge is 0.255 e. The lowest BCUT2D eigenvalue weighted by Gasteiger charge is -2.15. The third kappa shape index (κ3) is 4.42. The van der Waals surface area contributed by atoms with Gasteiger partial charge in [-0.1, -0.05) is 18.5 Å². The quantitative estimate of drug-likeness (QED) is 0.844. The lowest BCUT2D eigenvalue weighted by molar-refractivity contribution is -0.122. The molecular weight excluding hydrogens is 280 g/mol. The van der Waals surface area contributed by atoms with Gasteiger partial charge in [-0.15, -0.1) is 0 Å². The second-order valence-corrected chi connectivity index (χ2v) is 4.77. The maximum atomic E-state index is 12.1. The summed E-state index contributed by atoms with van der Waals surface area (Å²) in [7, 11) is 1.46. The Hall–Kier alpha value is -1.75. The Kier molecular flexibility index (Phi) is 6.31. The zero-order valence-electron chi connectivity index (χ0n) is 11.8. The monoisotopic (exact) mass is 298 g/mol. The fourth-order valence-corrected chi connectivity index (χ4v) is 1.76. The van der Waals surface area contributed by atoms with Gasteiger partial charge in [0.25, 0.3) is 5.91 Å². The maximum Gasteiger partial charge on any atom is 0.255 e. The van der Waals surface area contributed by atoms with Crippen molar-refractivity contribution in [3.05, 3.63) is 28.8 Å². The van der Waals surface area contributed by atoms with Crippen LogP contribution in [-0.2, 0) is 4.79 Å². The van der Waals surface area contributed by atoms with E-state index in [0.29, 0.717) is 22.9 Å². The van der Waals surface area contributed by atoms with E-state index in [9.17, 15) is 9.59 Å². The van der Waals surface area contributed by atoms with E-state index in [1.54, 1.807) is 25.1 Å². The van der Waals surface area contributed by atoms with Crippen LogP contribution in [0.5, 0.6) is 5.75 Å². The molecule has 1 atom stereocenters. The summed E-state index contributed by atoms with van der Waals surface area (Å²) >= 11 is 5.84. The molecule has 110 valence electrons. The summed E-state index contributed by atoms with van der Waals surface area (Å²) in [5.41, 5.74) is 0.340. The van der Waals surface area contributed by atoms with E-state index in [0.717, 1.165) is 6.42 Å². The number of hydrogen-bond acceptors (Lipinski definition) is 3. The Bertz CT molecular complexity index is 491. The lowest BCUT2D eigenvalue weighted by Crippen LogP contribution is -2.45. The van der Waals surface area contributed by atoms with E-state index >= 15 is 0 Å². The molecule has 1 unspecified atom stereocenters. The van der Waals surface area contributed by atoms with Gasteiger partial charge in [0.2, 0.25) is 5.91 Å². The van der Waals surface area contributed by atoms with Crippen LogP contribution in [-0.4, -0.2) is 31.5 Å². The van der Waals surface area contributed by atoms with Crippen molar-refractivity contribution in [1.82, 2.24) is 10.6 Å². The molecule has 0 radical (unpaired) electrons. The van der Waals surface area contributed by atoms with Crippen LogP contribution in [0.25, 0.3) is 0 Å². The van der Waals surface area contributed by atoms with Gasteiger partial charge in [-0.3, -0.25) is 9.59 Å². The number of carbonyl (C=O) groups excluding carboxylic acids is 2. The summed E-state index contributed by atoms with van der Waals surface area (Å²) in [6.07, 6.45) is 0.845. The maximum absolute atomic E-state index is 12.1. The van der Waals surface area contributed by atoms with E-state index in [1.165, 1.54) is 7.11 Å². The minimum atomic E-state index is -0.616. The Morgan fingerprint density at radius 1 is 1.40 bits per heavy atom. The predicted molar refractivity (Wildman–Crippen MR) is 78.2 cm³/mol. The number of amides is 2. The summed E-state index contributed by atoms with van der Waals surface area (Å²) in [4.78, 5) is 23.8. The van der Waals surface area contributed by atoms with E-state index in [1.807, 2.05) is 6.92 Å². The SMILES string of the molecule is CCCNC(=O)C(C)NC(=O)c1ccc(Cl)cc1OC. The zero-order valence-corrected chi connectivity index (χ0v) is 12.6. The highest BCUT2D eigenvalue weighted by Crippen LogP contribution is 2.23. The van der Waals surface area contributed by atoms with E-state index in [4.69, 9.17) is 16.3 Å². The second-order valence-electron chi connectivity index (χ2n) is 4.33. The number of methoxy groups -OCH3 is 1. The van der Waals surface area contributed by atoms with Gasteiger partial charge in [-0.25, -0.2) is 0 Å². The summed E-state index contributed by atoms with van der Waals surface area (Å²) < 4.78 is 5.11. The molecule has 6 heteroatoms. The molecule has 0 saturated carbocycles. The van der Waals surface area contributed by atoms with Crippen LogP contribution in [0.3, 0.4) is 0 Å². The number of hydrogen-bond donors (Lipinski definition) is 2. The van der Waals surface area contributed by atoms with Gasteiger partial charge < -0.3 is 15.4 Å². The molecule has 1 rings (SSSR count). The number of rotatable bonds is 6. The molecule has 0 aromatic heterocycles. The number of ether oxygens (including phenoxy) is 1. The fraction of sp³-hybridized carbons (Fsp3) is 0.429. The van der Waals surface area contributed by atoms with Gasteiger partial charge in [-0.2, -0.15) is 0 Å². The summed E-state index contributed by atoms with van der Waals surface area (Å²) in [6, 6.07) is 4.10. The van der Waals surface area contributed by atoms with Gasteiger partial charge >= 0.3 is 0 Å². The number of halogens is 1. The highest BCUT2D eigenvalue weighted by Gasteiger charge is 2.18. The number of nitrogens with one attached hydrogen (secondary N) is 2. The Balaban J connectivity index is 2.73. The molecule has 2 amide bonds. The minimum Gasteiger partial charge on any atom is -0.496 e. The van der Waals surface area contributed by atoms with Crippen LogP contribution in [0.15, 0.2) is 18.2 Å². The van der Waals surface area contributed by atoms with E-state index < -0.39 is 6.04 Å². The molecule has 20 heavy (non-hydrogen) atoms. The van der Waals surface area contributed by atoms with Crippen LogP contribution in [0.1, 0.15) is 30.6 Å². The zero-order chi connectivity index (χ0) is 15.1. The Morgan fingerprint density at radius 2 is 2.10 bits per heavy atom. The Morgan fingerprint density at radius 3 is 2.70 bits per heavy atom. The highest BCUT2D eigenvalue weighted by molar-refractivity contribution is 6.30.